The van der Waals surface area contributed by atoms with E-state index in [9.17, 15) is 4.79 Å². The summed E-state index contributed by atoms with van der Waals surface area (Å²) < 4.78 is 52.5. The molecule has 0 saturated heterocycles. The third-order valence-corrected chi connectivity index (χ3v) is 1.09. The third-order valence-electron chi connectivity index (χ3n) is 1.09. The van der Waals surface area contributed by atoms with E-state index in [1.165, 1.54) is 6.92 Å². The zero-order valence-corrected chi connectivity index (χ0v) is 14.8. The van der Waals surface area contributed by atoms with Gasteiger partial charge in [-0.05, 0) is 6.92 Å². The first-order chi connectivity index (χ1) is 11.3. The second-order valence-electron chi connectivity index (χ2n) is 1.83. The van der Waals surface area contributed by atoms with Crippen LogP contribution in [-0.2, 0) is 67.0 Å². The third kappa shape index (κ3) is 87.4. The quantitative estimate of drug-likeness (QED) is 0.285. The number of carbonyl (C=O) groups excluding carboxylic acids is 1. The van der Waals surface area contributed by atoms with E-state index in [1.807, 2.05) is 12.1 Å². The molecule has 0 heterocycles. The minimum atomic E-state index is 0. The zero-order valence-electron chi connectivity index (χ0n) is 12.4. The normalized spacial score (nSPS) is 3.80. The van der Waals surface area contributed by atoms with Crippen LogP contribution < -0.4 is 0 Å². The molecule has 10 heteroatoms. The molecule has 1 rings (SSSR count). The number of benzene rings is 1. The van der Waals surface area contributed by atoms with Crippen molar-refractivity contribution >= 4 is 5.78 Å². The fourth-order valence-corrected chi connectivity index (χ4v) is 0.612. The molecule has 1 radical (unpaired) electrons. The Morgan fingerprint density at radius 3 is 1.16 bits per heavy atom. The van der Waals surface area contributed by atoms with Crippen LogP contribution in [0.25, 0.3) is 0 Å². The maximum atomic E-state index is 10.6. The minimum absolute atomic E-state index is 0. The molecule has 0 aliphatic heterocycles. The average molecular weight is 422 g/mol. The standard InChI is InChI=1S/C8H7O.7CO.Cr.Mn/c1-7(9)8-5-3-2-4-6-8;7*1-2;;/h2-5H,1H3;;;;;;;;;/q-1;;;;;;;;;. The van der Waals surface area contributed by atoms with Gasteiger partial charge in [0, 0.05) is 34.4 Å². The fourth-order valence-electron chi connectivity index (χ4n) is 0.612. The fraction of sp³-hybridized carbons (Fsp3) is 0.0667. The summed E-state index contributed by atoms with van der Waals surface area (Å²) in [5, 5.41) is 0. The van der Waals surface area contributed by atoms with Gasteiger partial charge in [0.1, 0.15) is 0 Å². The molecule has 0 aliphatic carbocycles. The average Bonchev–Trinajstić information content (AvgIpc) is 2.73. The van der Waals surface area contributed by atoms with Gasteiger partial charge in [0.25, 0.3) is 0 Å². The number of hydrogen-bond acceptors (Lipinski definition) is 1. The molecule has 0 saturated carbocycles. The molecule has 25 heavy (non-hydrogen) atoms. The van der Waals surface area contributed by atoms with Crippen molar-refractivity contribution in [1.29, 1.82) is 0 Å². The van der Waals surface area contributed by atoms with Crippen LogP contribution in [0.1, 0.15) is 17.3 Å². The molecule has 129 valence electrons. The maximum Gasteiger partial charge on any atom is 0 e. The van der Waals surface area contributed by atoms with Crippen LogP contribution in [0.2, 0.25) is 0 Å². The Balaban J connectivity index is -0.0000000198. The summed E-state index contributed by atoms with van der Waals surface area (Å²) in [4.78, 5) is 10.6. The Kier molecular flexibility index (Phi) is 269. The molecular formula is C15H7CrMnO8-. The molecule has 0 aliphatic rings. The van der Waals surface area contributed by atoms with Crippen LogP contribution >= 0.6 is 0 Å². The molecule has 0 unspecified atom stereocenters. The first-order valence-corrected chi connectivity index (χ1v) is 4.21. The van der Waals surface area contributed by atoms with Crippen LogP contribution in [0.5, 0.6) is 0 Å². The number of ketones is 1. The zero-order chi connectivity index (χ0) is 20.7. The number of hydrogen-bond donors (Lipinski definition) is 0. The summed E-state index contributed by atoms with van der Waals surface area (Å²) in [7, 11) is 0. The molecule has 0 atom stereocenters. The molecule has 0 bridgehead atoms. The largest absolute Gasteiger partial charge is 0 e. The van der Waals surface area contributed by atoms with Crippen LogP contribution in [0.15, 0.2) is 24.3 Å². The van der Waals surface area contributed by atoms with E-state index in [1.54, 1.807) is 12.1 Å². The SMILES string of the molecule is CC(=O)c1[c-]cccc1.[C-]#[O+].[C-]#[O+].[C-]#[O+].[C-]#[O+].[C-]#[O+].[C-]#[O+].[C-]#[O+].[Cr].[Mn]. The van der Waals surface area contributed by atoms with E-state index in [0.29, 0.717) is 5.56 Å². The first kappa shape index (κ1) is 56.7. The molecule has 1 aromatic rings. The van der Waals surface area contributed by atoms with Crippen LogP contribution in [0, 0.1) is 52.6 Å². The van der Waals surface area contributed by atoms with Gasteiger partial charge in [0.05, 0.1) is 5.78 Å². The van der Waals surface area contributed by atoms with Gasteiger partial charge in [-0.3, -0.25) is 0 Å². The van der Waals surface area contributed by atoms with Crippen LogP contribution in [0.4, 0.5) is 0 Å². The van der Waals surface area contributed by atoms with Crippen molar-refractivity contribution in [2.75, 3.05) is 0 Å². The van der Waals surface area contributed by atoms with Gasteiger partial charge in [0.2, 0.25) is 0 Å². The Hall–Kier alpha value is -1.88. The van der Waals surface area contributed by atoms with Gasteiger partial charge < -0.3 is 4.79 Å². The maximum absolute atomic E-state index is 10.6. The van der Waals surface area contributed by atoms with Gasteiger partial charge in [-0.2, -0.15) is 0 Å². The Morgan fingerprint density at radius 2 is 1.04 bits per heavy atom. The molecule has 0 aromatic heterocycles. The van der Waals surface area contributed by atoms with E-state index >= 15 is 0 Å². The number of carbonyl (C=O) groups is 1. The van der Waals surface area contributed by atoms with Crippen molar-refractivity contribution < 1.29 is 71.8 Å². The second kappa shape index (κ2) is 119. The van der Waals surface area contributed by atoms with Gasteiger partial charge in [-0.25, -0.2) is 0 Å². The molecule has 8 nitrogen and oxygen atoms in total. The molecular weight excluding hydrogens is 415 g/mol. The van der Waals surface area contributed by atoms with Crippen LogP contribution in [0.3, 0.4) is 0 Å². The van der Waals surface area contributed by atoms with Gasteiger partial charge in [-0.1, -0.05) is 0 Å². The Labute approximate surface area is 167 Å². The summed E-state index contributed by atoms with van der Waals surface area (Å²) in [5.74, 6) is 0.0654. The van der Waals surface area contributed by atoms with Crippen molar-refractivity contribution in [2.24, 2.45) is 0 Å². The molecule has 0 amide bonds. The molecule has 0 spiro atoms. The summed E-state index contributed by atoms with van der Waals surface area (Å²) in [5.41, 5.74) is 0.650. The van der Waals surface area contributed by atoms with E-state index in [-0.39, 0.29) is 40.2 Å². The second-order valence-corrected chi connectivity index (χ2v) is 1.83. The predicted molar refractivity (Wildman–Crippen MR) is 62.8 cm³/mol. The van der Waals surface area contributed by atoms with E-state index in [0.717, 1.165) is 0 Å². The number of Topliss-reactive ketones (excluding diaryl/α,β-unsaturated/α-hetero) is 1. The van der Waals surface area contributed by atoms with Crippen molar-refractivity contribution in [3.8, 4) is 0 Å². The molecule has 0 N–H and O–H groups in total. The smallest absolute Gasteiger partial charge is 0 e. The van der Waals surface area contributed by atoms with E-state index in [2.05, 4.69) is 52.6 Å². The number of rotatable bonds is 1. The Morgan fingerprint density at radius 1 is 0.760 bits per heavy atom. The van der Waals surface area contributed by atoms with Gasteiger partial charge in [-0.15, -0.1) is 35.9 Å². The summed E-state index contributed by atoms with van der Waals surface area (Å²) in [6, 6.07) is 9.97. The predicted octanol–water partition coefficient (Wildman–Crippen LogP) is 1.42. The van der Waals surface area contributed by atoms with Crippen molar-refractivity contribution in [2.45, 2.75) is 6.92 Å². The van der Waals surface area contributed by atoms with Crippen molar-refractivity contribution in [1.82, 2.24) is 0 Å². The summed E-state index contributed by atoms with van der Waals surface area (Å²) in [6.07, 6.45) is 0. The topological polar surface area (TPSA) is 156 Å². The van der Waals surface area contributed by atoms with Gasteiger partial charge >= 0.3 is 79.1 Å². The first-order valence-electron chi connectivity index (χ1n) is 4.21. The monoisotopic (exact) mass is 422 g/mol. The minimum Gasteiger partial charge on any atom is 0 e. The van der Waals surface area contributed by atoms with E-state index < -0.39 is 0 Å². The summed E-state index contributed by atoms with van der Waals surface area (Å²) >= 11 is 0. The van der Waals surface area contributed by atoms with Crippen LogP contribution in [-0.4, -0.2) is 5.78 Å². The van der Waals surface area contributed by atoms with Gasteiger partial charge in [0.15, 0.2) is 0 Å². The van der Waals surface area contributed by atoms with Crippen molar-refractivity contribution in [3.63, 3.8) is 0 Å². The molecule has 0 fully saturated rings. The van der Waals surface area contributed by atoms with Crippen molar-refractivity contribution in [3.05, 3.63) is 82.4 Å². The summed E-state index contributed by atoms with van der Waals surface area (Å²) in [6.45, 7) is 33.0. The molecule has 1 aromatic carbocycles. The van der Waals surface area contributed by atoms with E-state index in [4.69, 9.17) is 32.6 Å². The Bertz CT molecular complexity index is 413.